The van der Waals surface area contributed by atoms with Crippen molar-refractivity contribution in [3.8, 4) is 0 Å². The summed E-state index contributed by atoms with van der Waals surface area (Å²) in [6.07, 6.45) is 3.03. The van der Waals surface area contributed by atoms with E-state index >= 15 is 0 Å². The van der Waals surface area contributed by atoms with Gasteiger partial charge in [0.2, 0.25) is 0 Å². The fourth-order valence-electron chi connectivity index (χ4n) is 2.70. The number of hydrogen-bond donors (Lipinski definition) is 1. The second kappa shape index (κ2) is 4.10. The molecule has 0 amide bonds. The van der Waals surface area contributed by atoms with Crippen molar-refractivity contribution in [2.24, 2.45) is 0 Å². The lowest BCUT2D eigenvalue weighted by Crippen LogP contribution is -2.39. The fourth-order valence-corrected chi connectivity index (χ4v) is 4.25. The Hall–Kier alpha value is -0.870. The molecule has 17 heavy (non-hydrogen) atoms. The molecule has 0 aliphatic heterocycles. The molecule has 1 N–H and O–H groups in total. The van der Waals surface area contributed by atoms with Gasteiger partial charge in [-0.05, 0) is 31.7 Å². The van der Waals surface area contributed by atoms with E-state index in [2.05, 4.69) is 0 Å². The summed E-state index contributed by atoms with van der Waals surface area (Å²) in [5.74, 6) is 0. The van der Waals surface area contributed by atoms with Gasteiger partial charge >= 0.3 is 0 Å². The maximum atomic E-state index is 11.7. The summed E-state index contributed by atoms with van der Waals surface area (Å²) < 4.78 is 23.5. The molecule has 0 heterocycles. The summed E-state index contributed by atoms with van der Waals surface area (Å²) >= 11 is 0. The first-order valence-electron chi connectivity index (χ1n) is 5.82. The first kappa shape index (κ1) is 12.6. The third kappa shape index (κ3) is 2.24. The molecule has 2 rings (SSSR count). The maximum Gasteiger partial charge on any atom is 0.153 e. The monoisotopic (exact) mass is 254 g/mol. The topological polar surface area (TPSA) is 54.4 Å². The van der Waals surface area contributed by atoms with Crippen LogP contribution in [0, 0.1) is 6.92 Å². The van der Waals surface area contributed by atoms with E-state index < -0.39 is 20.7 Å². The highest BCUT2D eigenvalue weighted by Crippen LogP contribution is 2.42. The number of aliphatic hydroxyl groups is 1. The van der Waals surface area contributed by atoms with Crippen molar-refractivity contribution in [3.63, 3.8) is 0 Å². The third-order valence-electron chi connectivity index (χ3n) is 3.63. The summed E-state index contributed by atoms with van der Waals surface area (Å²) in [4.78, 5) is 0. The van der Waals surface area contributed by atoms with Crippen LogP contribution in [0.1, 0.15) is 30.4 Å². The number of benzene rings is 1. The van der Waals surface area contributed by atoms with Gasteiger partial charge in [-0.25, -0.2) is 8.42 Å². The van der Waals surface area contributed by atoms with Gasteiger partial charge in [0, 0.05) is 6.26 Å². The van der Waals surface area contributed by atoms with Crippen LogP contribution >= 0.6 is 0 Å². The van der Waals surface area contributed by atoms with Crippen LogP contribution in [0.3, 0.4) is 0 Å². The predicted molar refractivity (Wildman–Crippen MR) is 67.6 cm³/mol. The summed E-state index contributed by atoms with van der Waals surface area (Å²) in [5.41, 5.74) is 0.614. The number of rotatable bonds is 2. The highest BCUT2D eigenvalue weighted by Gasteiger charge is 2.47. The lowest BCUT2D eigenvalue weighted by Gasteiger charge is -2.29. The molecule has 0 spiro atoms. The van der Waals surface area contributed by atoms with E-state index in [9.17, 15) is 13.5 Å². The molecule has 3 nitrogen and oxygen atoms in total. The van der Waals surface area contributed by atoms with E-state index in [1.807, 2.05) is 31.2 Å². The molecule has 94 valence electrons. The molecule has 0 bridgehead atoms. The zero-order valence-electron chi connectivity index (χ0n) is 10.2. The molecular weight excluding hydrogens is 236 g/mol. The number of hydrogen-bond acceptors (Lipinski definition) is 3. The lowest BCUT2D eigenvalue weighted by atomic mass is 9.91. The van der Waals surface area contributed by atoms with E-state index in [0.717, 1.165) is 17.5 Å². The van der Waals surface area contributed by atoms with Crippen LogP contribution in [-0.4, -0.2) is 25.0 Å². The van der Waals surface area contributed by atoms with Crippen molar-refractivity contribution < 1.29 is 13.5 Å². The first-order valence-corrected chi connectivity index (χ1v) is 7.78. The quantitative estimate of drug-likeness (QED) is 0.875. The molecular formula is C13H18O3S. The van der Waals surface area contributed by atoms with Crippen LogP contribution < -0.4 is 0 Å². The Kier molecular flexibility index (Phi) is 3.04. The Bertz CT molecular complexity index is 504. The highest BCUT2D eigenvalue weighted by molar-refractivity contribution is 7.91. The Morgan fingerprint density at radius 1 is 1.29 bits per heavy atom. The van der Waals surface area contributed by atoms with E-state index in [0.29, 0.717) is 12.8 Å². The van der Waals surface area contributed by atoms with Crippen molar-refractivity contribution in [1.29, 1.82) is 0 Å². The molecule has 1 aliphatic rings. The van der Waals surface area contributed by atoms with Crippen LogP contribution in [0.5, 0.6) is 0 Å². The van der Waals surface area contributed by atoms with Crippen molar-refractivity contribution in [1.82, 2.24) is 0 Å². The summed E-state index contributed by atoms with van der Waals surface area (Å²) in [6.45, 7) is 1.97. The van der Waals surface area contributed by atoms with Gasteiger partial charge in [0.15, 0.2) is 9.84 Å². The van der Waals surface area contributed by atoms with Gasteiger partial charge < -0.3 is 5.11 Å². The number of aryl methyl sites for hydroxylation is 1. The Morgan fingerprint density at radius 2 is 1.88 bits per heavy atom. The Labute approximate surface area is 102 Å². The highest BCUT2D eigenvalue weighted by atomic mass is 32.2. The maximum absolute atomic E-state index is 11.7. The van der Waals surface area contributed by atoms with Crippen LogP contribution in [-0.2, 0) is 15.4 Å². The van der Waals surface area contributed by atoms with E-state index in [-0.39, 0.29) is 0 Å². The second-order valence-corrected chi connectivity index (χ2v) is 7.23. The summed E-state index contributed by atoms with van der Waals surface area (Å²) in [6, 6.07) is 7.48. The molecule has 0 radical (unpaired) electrons. The minimum atomic E-state index is -3.22. The van der Waals surface area contributed by atoms with Crippen LogP contribution in [0.2, 0.25) is 0 Å². The zero-order valence-corrected chi connectivity index (χ0v) is 11.0. The third-order valence-corrected chi connectivity index (χ3v) is 5.28. The average Bonchev–Trinajstić information content (AvgIpc) is 2.62. The van der Waals surface area contributed by atoms with Crippen LogP contribution in [0.15, 0.2) is 24.3 Å². The minimum absolute atomic E-state index is 0.522. The summed E-state index contributed by atoms with van der Waals surface area (Å²) in [7, 11) is -3.22. The molecule has 1 saturated carbocycles. The van der Waals surface area contributed by atoms with Crippen molar-refractivity contribution in [3.05, 3.63) is 35.4 Å². The van der Waals surface area contributed by atoms with Crippen LogP contribution in [0.4, 0.5) is 0 Å². The lowest BCUT2D eigenvalue weighted by molar-refractivity contribution is 0.0477. The molecule has 4 heteroatoms. The Morgan fingerprint density at radius 3 is 2.41 bits per heavy atom. The molecule has 0 saturated heterocycles. The smallest absolute Gasteiger partial charge is 0.153 e. The van der Waals surface area contributed by atoms with E-state index in [4.69, 9.17) is 0 Å². The van der Waals surface area contributed by atoms with Crippen molar-refractivity contribution in [2.75, 3.05) is 6.26 Å². The molecule has 1 fully saturated rings. The standard InChI is InChI=1S/C13H18O3S/c1-10-5-7-11(8-6-10)13(14)9-3-4-12(13)17(2,15)16/h5-8,12,14H,3-4,9H2,1-2H3. The van der Waals surface area contributed by atoms with Crippen molar-refractivity contribution >= 4 is 9.84 Å². The number of sulfone groups is 1. The molecule has 2 atom stereocenters. The van der Waals surface area contributed by atoms with Gasteiger partial charge in [-0.1, -0.05) is 29.8 Å². The van der Waals surface area contributed by atoms with Gasteiger partial charge in [0.05, 0.1) is 5.25 Å². The predicted octanol–water partition coefficient (Wildman–Crippen LogP) is 1.78. The SMILES string of the molecule is Cc1ccc(C2(O)CCCC2S(C)(=O)=O)cc1. The van der Waals surface area contributed by atoms with Gasteiger partial charge in [0.1, 0.15) is 5.60 Å². The van der Waals surface area contributed by atoms with Gasteiger partial charge in [-0.2, -0.15) is 0 Å². The average molecular weight is 254 g/mol. The minimum Gasteiger partial charge on any atom is -0.384 e. The molecule has 1 aliphatic carbocycles. The Balaban J connectivity index is 2.44. The molecule has 2 unspecified atom stereocenters. The second-order valence-electron chi connectivity index (χ2n) is 5.00. The largest absolute Gasteiger partial charge is 0.384 e. The molecule has 0 aromatic heterocycles. The van der Waals surface area contributed by atoms with Gasteiger partial charge in [-0.3, -0.25) is 0 Å². The van der Waals surface area contributed by atoms with Crippen molar-refractivity contribution in [2.45, 2.75) is 37.0 Å². The summed E-state index contributed by atoms with van der Waals surface area (Å²) in [5, 5.41) is 10.0. The normalized spacial score (nSPS) is 29.5. The van der Waals surface area contributed by atoms with Crippen LogP contribution in [0.25, 0.3) is 0 Å². The van der Waals surface area contributed by atoms with Gasteiger partial charge in [-0.15, -0.1) is 0 Å². The van der Waals surface area contributed by atoms with E-state index in [1.165, 1.54) is 6.26 Å². The van der Waals surface area contributed by atoms with E-state index in [1.54, 1.807) is 0 Å². The first-order chi connectivity index (χ1) is 7.84. The molecule has 1 aromatic rings. The molecule has 1 aromatic carbocycles. The fraction of sp³-hybridized carbons (Fsp3) is 0.538. The zero-order chi connectivity index (χ0) is 12.7. The van der Waals surface area contributed by atoms with Gasteiger partial charge in [0.25, 0.3) is 0 Å².